The molecule has 1 atom stereocenters. The lowest BCUT2D eigenvalue weighted by molar-refractivity contribution is -0.141. The van der Waals surface area contributed by atoms with E-state index in [9.17, 15) is 23.1 Å². The molecule has 1 saturated heterocycles. The van der Waals surface area contributed by atoms with Gasteiger partial charge in [0.2, 0.25) is 4.87 Å². The average Bonchev–Trinajstić information content (AvgIpc) is 3.21. The van der Waals surface area contributed by atoms with Gasteiger partial charge in [0.1, 0.15) is 0 Å². The van der Waals surface area contributed by atoms with E-state index < -0.39 is 26.7 Å². The molecule has 0 aromatic rings. The quantitative estimate of drug-likeness (QED) is 0.716. The van der Waals surface area contributed by atoms with Crippen LogP contribution in [-0.4, -0.2) is 67.9 Å². The van der Waals surface area contributed by atoms with E-state index in [2.05, 4.69) is 5.32 Å². The lowest BCUT2D eigenvalue weighted by Crippen LogP contribution is -2.63. The fraction of sp³-hybridized carbons (Fsp3) is 0.833. The van der Waals surface area contributed by atoms with Crippen LogP contribution in [0.3, 0.4) is 0 Å². The minimum Gasteiger partial charge on any atom is -0.479 e. The minimum atomic E-state index is -4.00. The van der Waals surface area contributed by atoms with Gasteiger partial charge < -0.3 is 20.1 Å². The lowest BCUT2D eigenvalue weighted by Gasteiger charge is -2.33. The number of ether oxygens (including phenoxy) is 1. The van der Waals surface area contributed by atoms with Crippen LogP contribution in [0.15, 0.2) is 0 Å². The van der Waals surface area contributed by atoms with Gasteiger partial charge in [0, 0.05) is 19.3 Å². The molecule has 0 bridgehead atoms. The molecule has 2 amide bonds. The molecular weight excluding hydrogens is 300 g/mol. The van der Waals surface area contributed by atoms with Crippen molar-refractivity contribution in [2.75, 3.05) is 32.6 Å². The van der Waals surface area contributed by atoms with Gasteiger partial charge >= 0.3 is 12.0 Å². The van der Waals surface area contributed by atoms with E-state index in [0.717, 1.165) is 19.1 Å². The Balaban J connectivity index is 2.21. The van der Waals surface area contributed by atoms with Crippen molar-refractivity contribution in [2.24, 2.45) is 5.92 Å². The van der Waals surface area contributed by atoms with Crippen molar-refractivity contribution in [3.8, 4) is 0 Å². The number of carbonyl (C=O) groups is 2. The average molecular weight is 320 g/mol. The van der Waals surface area contributed by atoms with Crippen LogP contribution in [0.1, 0.15) is 19.3 Å². The first kappa shape index (κ1) is 16.0. The smallest absolute Gasteiger partial charge is 0.345 e. The third kappa shape index (κ3) is 3.46. The molecule has 0 aromatic heterocycles. The number of hydrogen-bond donors (Lipinski definition) is 2. The molecule has 8 nitrogen and oxygen atoms in total. The second kappa shape index (κ2) is 5.80. The molecule has 21 heavy (non-hydrogen) atoms. The molecule has 120 valence electrons. The summed E-state index contributed by atoms with van der Waals surface area (Å²) < 4.78 is 29.2. The van der Waals surface area contributed by atoms with Crippen molar-refractivity contribution in [3.63, 3.8) is 0 Å². The van der Waals surface area contributed by atoms with Gasteiger partial charge in [-0.1, -0.05) is 12.8 Å². The standard InChI is InChI=1S/C12H20N2O6S/c1-21(18,19)12(10(15)16,8-9-2-3-9)13-11(17)14-4-6-20-7-5-14/h9H,2-8H2,1H3,(H,13,17)(H,15,16). The molecule has 1 aliphatic heterocycles. The van der Waals surface area contributed by atoms with Gasteiger partial charge in [0.15, 0.2) is 9.84 Å². The highest BCUT2D eigenvalue weighted by atomic mass is 32.2. The zero-order chi connectivity index (χ0) is 15.7. The molecule has 2 fully saturated rings. The highest BCUT2D eigenvalue weighted by Gasteiger charge is 2.53. The number of morpholine rings is 1. The Morgan fingerprint density at radius 1 is 1.33 bits per heavy atom. The van der Waals surface area contributed by atoms with Crippen molar-refractivity contribution >= 4 is 21.8 Å². The number of aliphatic carboxylic acids is 1. The normalized spacial score (nSPS) is 22.4. The lowest BCUT2D eigenvalue weighted by atomic mass is 10.1. The van der Waals surface area contributed by atoms with Gasteiger partial charge in [-0.15, -0.1) is 0 Å². The van der Waals surface area contributed by atoms with Crippen LogP contribution in [0, 0.1) is 5.92 Å². The number of sulfone groups is 1. The Morgan fingerprint density at radius 2 is 1.90 bits per heavy atom. The maximum absolute atomic E-state index is 12.2. The predicted octanol–water partition coefficient (Wildman–Crippen LogP) is -0.346. The maximum atomic E-state index is 12.2. The summed E-state index contributed by atoms with van der Waals surface area (Å²) >= 11 is 0. The van der Waals surface area contributed by atoms with Gasteiger partial charge in [-0.05, 0) is 12.3 Å². The molecule has 2 N–H and O–H groups in total. The molecular formula is C12H20N2O6S. The fourth-order valence-electron chi connectivity index (χ4n) is 2.34. The van der Waals surface area contributed by atoms with Crippen LogP contribution >= 0.6 is 0 Å². The van der Waals surface area contributed by atoms with Gasteiger partial charge in [-0.25, -0.2) is 18.0 Å². The molecule has 1 aliphatic carbocycles. The second-order valence-corrected chi connectivity index (χ2v) is 7.82. The van der Waals surface area contributed by atoms with E-state index in [0.29, 0.717) is 26.3 Å². The van der Waals surface area contributed by atoms with E-state index in [1.165, 1.54) is 4.90 Å². The van der Waals surface area contributed by atoms with Crippen LogP contribution in [0.2, 0.25) is 0 Å². The Kier molecular flexibility index (Phi) is 4.43. The van der Waals surface area contributed by atoms with Crippen molar-refractivity contribution < 1.29 is 27.9 Å². The van der Waals surface area contributed by atoms with Crippen LogP contribution in [0.5, 0.6) is 0 Å². The first-order valence-corrected chi connectivity index (χ1v) is 8.73. The zero-order valence-electron chi connectivity index (χ0n) is 11.9. The van der Waals surface area contributed by atoms with Crippen molar-refractivity contribution in [3.05, 3.63) is 0 Å². The summed E-state index contributed by atoms with van der Waals surface area (Å²) in [6.07, 6.45) is 2.34. The van der Waals surface area contributed by atoms with E-state index in [1.54, 1.807) is 0 Å². The van der Waals surface area contributed by atoms with Crippen molar-refractivity contribution in [1.82, 2.24) is 10.2 Å². The second-order valence-electron chi connectivity index (χ2n) is 5.58. The maximum Gasteiger partial charge on any atom is 0.345 e. The number of nitrogens with one attached hydrogen (secondary N) is 1. The van der Waals surface area contributed by atoms with E-state index in [4.69, 9.17) is 4.74 Å². The number of amides is 2. The SMILES string of the molecule is CS(=O)(=O)C(CC1CC1)(NC(=O)N1CCOCC1)C(=O)O. The first-order valence-electron chi connectivity index (χ1n) is 6.84. The zero-order valence-corrected chi connectivity index (χ0v) is 12.7. The van der Waals surface area contributed by atoms with Crippen LogP contribution < -0.4 is 5.32 Å². The fourth-order valence-corrected chi connectivity index (χ4v) is 3.47. The number of carbonyl (C=O) groups excluding carboxylic acids is 1. The highest BCUT2D eigenvalue weighted by molar-refractivity contribution is 7.92. The van der Waals surface area contributed by atoms with Crippen molar-refractivity contribution in [1.29, 1.82) is 0 Å². The number of urea groups is 1. The molecule has 9 heteroatoms. The number of hydrogen-bond acceptors (Lipinski definition) is 5. The summed E-state index contributed by atoms with van der Waals surface area (Å²) in [5, 5.41) is 11.7. The van der Waals surface area contributed by atoms with Gasteiger partial charge in [-0.3, -0.25) is 0 Å². The monoisotopic (exact) mass is 320 g/mol. The van der Waals surface area contributed by atoms with Gasteiger partial charge in [-0.2, -0.15) is 0 Å². The number of carboxylic acids is 1. The van der Waals surface area contributed by atoms with E-state index >= 15 is 0 Å². The summed E-state index contributed by atoms with van der Waals surface area (Å²) in [7, 11) is -4.00. The third-order valence-electron chi connectivity index (χ3n) is 3.86. The minimum absolute atomic E-state index is 0.0285. The van der Waals surface area contributed by atoms with Gasteiger partial charge in [0.25, 0.3) is 0 Å². The molecule has 1 saturated carbocycles. The van der Waals surface area contributed by atoms with Crippen molar-refractivity contribution in [2.45, 2.75) is 24.1 Å². The largest absolute Gasteiger partial charge is 0.479 e. The van der Waals surface area contributed by atoms with Crippen LogP contribution in [0.25, 0.3) is 0 Å². The van der Waals surface area contributed by atoms with E-state index in [-0.39, 0.29) is 12.3 Å². The molecule has 0 radical (unpaired) electrons. The highest BCUT2D eigenvalue weighted by Crippen LogP contribution is 2.38. The summed E-state index contributed by atoms with van der Waals surface area (Å²) in [6.45, 7) is 1.34. The molecule has 1 unspecified atom stereocenters. The molecule has 0 spiro atoms. The number of nitrogens with zero attached hydrogens (tertiary/aromatic N) is 1. The summed E-state index contributed by atoms with van der Waals surface area (Å²) in [4.78, 5) is 22.9. The Labute approximate surface area is 123 Å². The number of rotatable bonds is 5. The third-order valence-corrected chi connectivity index (χ3v) is 5.57. The summed E-state index contributed by atoms with van der Waals surface area (Å²) in [5.74, 6) is -1.50. The summed E-state index contributed by atoms with van der Waals surface area (Å²) in [6, 6.07) is -0.674. The molecule has 1 heterocycles. The molecule has 0 aromatic carbocycles. The molecule has 2 aliphatic rings. The Bertz CT molecular complexity index is 524. The predicted molar refractivity (Wildman–Crippen MR) is 73.5 cm³/mol. The Hall–Kier alpha value is -1.35. The Morgan fingerprint density at radius 3 is 2.33 bits per heavy atom. The summed E-state index contributed by atoms with van der Waals surface area (Å²) in [5.41, 5.74) is 0. The first-order chi connectivity index (χ1) is 9.76. The number of carboxylic acid groups (broad SMARTS) is 1. The van der Waals surface area contributed by atoms with Crippen LogP contribution in [-0.2, 0) is 19.4 Å². The van der Waals surface area contributed by atoms with E-state index in [1.807, 2.05) is 0 Å². The topological polar surface area (TPSA) is 113 Å². The van der Waals surface area contributed by atoms with Crippen LogP contribution in [0.4, 0.5) is 4.79 Å². The molecule has 2 rings (SSSR count). The van der Waals surface area contributed by atoms with Gasteiger partial charge in [0.05, 0.1) is 13.2 Å².